The summed E-state index contributed by atoms with van der Waals surface area (Å²) in [5.41, 5.74) is 4.03. The lowest BCUT2D eigenvalue weighted by Gasteiger charge is -2.22. The lowest BCUT2D eigenvalue weighted by molar-refractivity contribution is 0.210. The standard InChI is InChI=1S/C26H18N2O2/c27-19-20-11-13-21(14-12-20)22-15-17-25(18-16-22)30-26(29)28(23-7-3-1-4-8-23)24-9-5-2-6-10-24/h1-18H. The third-order valence-electron chi connectivity index (χ3n) is 4.62. The third kappa shape index (κ3) is 4.21. The maximum atomic E-state index is 13.0. The van der Waals surface area contributed by atoms with Gasteiger partial charge >= 0.3 is 6.09 Å². The van der Waals surface area contributed by atoms with Crippen molar-refractivity contribution < 1.29 is 9.53 Å². The maximum Gasteiger partial charge on any atom is 0.424 e. The number of carbonyl (C=O) groups is 1. The van der Waals surface area contributed by atoms with Gasteiger partial charge in [0.15, 0.2) is 0 Å². The number of benzene rings is 4. The minimum absolute atomic E-state index is 0.453. The van der Waals surface area contributed by atoms with Crippen LogP contribution < -0.4 is 9.64 Å². The first kappa shape index (κ1) is 19.0. The second kappa shape index (κ2) is 8.76. The van der Waals surface area contributed by atoms with Crippen LogP contribution in [0.25, 0.3) is 11.1 Å². The molecule has 4 aromatic carbocycles. The van der Waals surface area contributed by atoms with Crippen molar-refractivity contribution in [3.8, 4) is 22.9 Å². The maximum absolute atomic E-state index is 13.0. The highest BCUT2D eigenvalue weighted by Crippen LogP contribution is 2.28. The first-order valence-electron chi connectivity index (χ1n) is 9.47. The number of carbonyl (C=O) groups excluding carboxylic acids is 1. The molecule has 0 radical (unpaired) electrons. The molecule has 0 bridgehead atoms. The van der Waals surface area contributed by atoms with Crippen molar-refractivity contribution >= 4 is 17.5 Å². The number of hydrogen-bond donors (Lipinski definition) is 0. The summed E-state index contributed by atoms with van der Waals surface area (Å²) >= 11 is 0. The van der Waals surface area contributed by atoms with Crippen molar-refractivity contribution in [3.05, 3.63) is 115 Å². The Morgan fingerprint density at radius 1 is 0.667 bits per heavy atom. The van der Waals surface area contributed by atoms with Gasteiger partial charge in [-0.1, -0.05) is 60.7 Å². The number of ether oxygens (including phenoxy) is 1. The number of anilines is 2. The van der Waals surface area contributed by atoms with Gasteiger partial charge in [0.1, 0.15) is 5.75 Å². The summed E-state index contributed by atoms with van der Waals surface area (Å²) in [5, 5.41) is 8.93. The second-order valence-corrected chi connectivity index (χ2v) is 6.59. The number of rotatable bonds is 4. The summed E-state index contributed by atoms with van der Waals surface area (Å²) in [5.74, 6) is 0.453. The van der Waals surface area contributed by atoms with E-state index in [1.54, 1.807) is 24.3 Å². The van der Waals surface area contributed by atoms with Crippen LogP contribution in [0, 0.1) is 11.3 Å². The molecule has 0 fully saturated rings. The zero-order valence-corrected chi connectivity index (χ0v) is 16.1. The van der Waals surface area contributed by atoms with Gasteiger partial charge in [0.25, 0.3) is 0 Å². The summed E-state index contributed by atoms with van der Waals surface area (Å²) in [7, 11) is 0. The average molecular weight is 390 g/mol. The molecule has 4 aromatic rings. The minimum atomic E-state index is -0.487. The Morgan fingerprint density at radius 3 is 1.60 bits per heavy atom. The van der Waals surface area contributed by atoms with Crippen molar-refractivity contribution in [2.45, 2.75) is 0 Å². The summed E-state index contributed by atoms with van der Waals surface area (Å²) in [6, 6.07) is 35.5. The average Bonchev–Trinajstić information content (AvgIpc) is 2.81. The van der Waals surface area contributed by atoms with E-state index in [1.807, 2.05) is 84.9 Å². The van der Waals surface area contributed by atoms with E-state index in [4.69, 9.17) is 10.00 Å². The van der Waals surface area contributed by atoms with Crippen molar-refractivity contribution in [2.24, 2.45) is 0 Å². The van der Waals surface area contributed by atoms with Gasteiger partial charge < -0.3 is 4.74 Å². The van der Waals surface area contributed by atoms with Crippen LogP contribution in [-0.4, -0.2) is 6.09 Å². The Bertz CT molecular complexity index is 1120. The van der Waals surface area contributed by atoms with Gasteiger partial charge in [0, 0.05) is 0 Å². The molecule has 0 aliphatic carbocycles. The Hall–Kier alpha value is -4.36. The van der Waals surface area contributed by atoms with Crippen LogP contribution in [0.3, 0.4) is 0 Å². The summed E-state index contributed by atoms with van der Waals surface area (Å²) < 4.78 is 5.66. The van der Waals surface area contributed by atoms with Crippen LogP contribution in [0.15, 0.2) is 109 Å². The first-order chi connectivity index (χ1) is 14.7. The molecule has 0 saturated carbocycles. The Labute approximate surface area is 175 Å². The Balaban J connectivity index is 1.56. The number of para-hydroxylation sites is 2. The van der Waals surface area contributed by atoms with Gasteiger partial charge in [-0.25, -0.2) is 9.69 Å². The van der Waals surface area contributed by atoms with Gasteiger partial charge in [0.2, 0.25) is 0 Å². The van der Waals surface area contributed by atoms with Crippen LogP contribution in [0.1, 0.15) is 5.56 Å². The lowest BCUT2D eigenvalue weighted by Crippen LogP contribution is -2.29. The summed E-state index contributed by atoms with van der Waals surface area (Å²) in [6.45, 7) is 0. The van der Waals surface area contributed by atoms with Crippen LogP contribution in [0.4, 0.5) is 16.2 Å². The Kier molecular flexibility index (Phi) is 5.54. The van der Waals surface area contributed by atoms with Crippen LogP contribution in [0.2, 0.25) is 0 Å². The molecule has 0 spiro atoms. The summed E-state index contributed by atoms with van der Waals surface area (Å²) in [4.78, 5) is 14.5. The fourth-order valence-electron chi connectivity index (χ4n) is 3.11. The van der Waals surface area contributed by atoms with E-state index in [-0.39, 0.29) is 0 Å². The van der Waals surface area contributed by atoms with E-state index in [1.165, 1.54) is 4.90 Å². The van der Waals surface area contributed by atoms with Gasteiger partial charge in [-0.2, -0.15) is 5.26 Å². The fourth-order valence-corrected chi connectivity index (χ4v) is 3.11. The quantitative estimate of drug-likeness (QED) is 0.396. The number of nitriles is 1. The monoisotopic (exact) mass is 390 g/mol. The molecule has 144 valence electrons. The molecular weight excluding hydrogens is 372 g/mol. The molecule has 4 nitrogen and oxygen atoms in total. The predicted octanol–water partition coefficient (Wildman–Crippen LogP) is 6.56. The van der Waals surface area contributed by atoms with Crippen molar-refractivity contribution in [3.63, 3.8) is 0 Å². The number of nitrogens with zero attached hydrogens (tertiary/aromatic N) is 2. The molecule has 0 aromatic heterocycles. The van der Waals surface area contributed by atoms with Crippen molar-refractivity contribution in [1.82, 2.24) is 0 Å². The van der Waals surface area contributed by atoms with E-state index >= 15 is 0 Å². The first-order valence-corrected chi connectivity index (χ1v) is 9.47. The number of hydrogen-bond acceptors (Lipinski definition) is 3. The predicted molar refractivity (Wildman–Crippen MR) is 118 cm³/mol. The SMILES string of the molecule is N#Cc1ccc(-c2ccc(OC(=O)N(c3ccccc3)c3ccccc3)cc2)cc1. The molecule has 0 atom stereocenters. The van der Waals surface area contributed by atoms with Gasteiger partial charge in [-0.3, -0.25) is 0 Å². The van der Waals surface area contributed by atoms with Crippen LogP contribution >= 0.6 is 0 Å². The molecule has 0 unspecified atom stereocenters. The highest BCUT2D eigenvalue weighted by atomic mass is 16.6. The van der Waals surface area contributed by atoms with Crippen molar-refractivity contribution in [2.75, 3.05) is 4.90 Å². The van der Waals surface area contributed by atoms with Crippen molar-refractivity contribution in [1.29, 1.82) is 5.26 Å². The Morgan fingerprint density at radius 2 is 1.13 bits per heavy atom. The lowest BCUT2D eigenvalue weighted by atomic mass is 10.0. The van der Waals surface area contributed by atoms with Crippen LogP contribution in [0.5, 0.6) is 5.75 Å². The molecule has 30 heavy (non-hydrogen) atoms. The highest BCUT2D eigenvalue weighted by molar-refractivity contribution is 5.97. The van der Waals surface area contributed by atoms with Gasteiger partial charge in [0.05, 0.1) is 23.0 Å². The zero-order valence-electron chi connectivity index (χ0n) is 16.1. The van der Waals surface area contributed by atoms with Crippen LogP contribution in [-0.2, 0) is 0 Å². The topological polar surface area (TPSA) is 53.3 Å². The van der Waals surface area contributed by atoms with E-state index < -0.39 is 6.09 Å². The van der Waals surface area contributed by atoms with E-state index in [0.29, 0.717) is 11.3 Å². The van der Waals surface area contributed by atoms with E-state index in [0.717, 1.165) is 22.5 Å². The zero-order chi connectivity index (χ0) is 20.8. The third-order valence-corrected chi connectivity index (χ3v) is 4.62. The number of amides is 1. The fraction of sp³-hybridized carbons (Fsp3) is 0. The second-order valence-electron chi connectivity index (χ2n) is 6.59. The van der Waals surface area contributed by atoms with Gasteiger partial charge in [-0.15, -0.1) is 0 Å². The molecule has 0 heterocycles. The van der Waals surface area contributed by atoms with E-state index in [9.17, 15) is 4.79 Å². The molecule has 0 aliphatic heterocycles. The molecule has 4 heteroatoms. The molecule has 0 aliphatic rings. The molecule has 0 N–H and O–H groups in total. The largest absolute Gasteiger partial charge is 0.424 e. The highest BCUT2D eigenvalue weighted by Gasteiger charge is 2.20. The molecule has 0 saturated heterocycles. The molecular formula is C26H18N2O2. The normalized spacial score (nSPS) is 10.1. The minimum Gasteiger partial charge on any atom is -0.410 e. The molecule has 4 rings (SSSR count). The van der Waals surface area contributed by atoms with Gasteiger partial charge in [-0.05, 0) is 59.7 Å². The summed E-state index contributed by atoms with van der Waals surface area (Å²) in [6.07, 6.45) is -0.487. The smallest absolute Gasteiger partial charge is 0.410 e. The molecule has 1 amide bonds. The van der Waals surface area contributed by atoms with E-state index in [2.05, 4.69) is 6.07 Å².